The molecule has 0 aromatic carbocycles. The van der Waals surface area contributed by atoms with Gasteiger partial charge in [0.1, 0.15) is 9.88 Å². The monoisotopic (exact) mass is 396 g/mol. The third-order valence-corrected chi connectivity index (χ3v) is 6.03. The Morgan fingerprint density at radius 3 is 2.85 bits per heavy atom. The second kappa shape index (κ2) is 10.0. The summed E-state index contributed by atoms with van der Waals surface area (Å²) in [5.74, 6) is 0.424. The molecule has 1 aliphatic rings. The number of esters is 1. The normalized spacial score (nSPS) is 20.4. The van der Waals surface area contributed by atoms with Crippen LogP contribution in [0.15, 0.2) is 4.99 Å². The summed E-state index contributed by atoms with van der Waals surface area (Å²) in [5.41, 5.74) is 0.705. The van der Waals surface area contributed by atoms with Crippen LogP contribution in [0.5, 0.6) is 0 Å². The number of hydrogen-bond acceptors (Lipinski definition) is 7. The van der Waals surface area contributed by atoms with Gasteiger partial charge in [-0.2, -0.15) is 0 Å². The minimum atomic E-state index is -0.307. The molecule has 27 heavy (non-hydrogen) atoms. The van der Waals surface area contributed by atoms with Crippen molar-refractivity contribution in [1.82, 2.24) is 25.4 Å². The Labute approximate surface area is 166 Å². The molecule has 1 aromatic heterocycles. The summed E-state index contributed by atoms with van der Waals surface area (Å²) in [4.78, 5) is 26.1. The number of nitrogens with one attached hydrogen (secondary N) is 2. The van der Waals surface area contributed by atoms with Crippen molar-refractivity contribution in [3.8, 4) is 0 Å². The van der Waals surface area contributed by atoms with Gasteiger partial charge in [-0.3, -0.25) is 9.89 Å². The molecular weight excluding hydrogens is 364 g/mol. The Morgan fingerprint density at radius 1 is 1.44 bits per heavy atom. The molecule has 0 aliphatic carbocycles. The van der Waals surface area contributed by atoms with Crippen LogP contribution in [0.3, 0.4) is 0 Å². The number of aryl methyl sites for hydroxylation is 1. The average Bonchev–Trinajstić information content (AvgIpc) is 3.03. The van der Waals surface area contributed by atoms with Crippen LogP contribution in [0.4, 0.5) is 0 Å². The van der Waals surface area contributed by atoms with E-state index in [1.165, 1.54) is 11.3 Å². The van der Waals surface area contributed by atoms with Crippen molar-refractivity contribution >= 4 is 23.3 Å². The van der Waals surface area contributed by atoms with Gasteiger partial charge in [0.05, 0.1) is 18.3 Å². The van der Waals surface area contributed by atoms with E-state index in [9.17, 15) is 4.79 Å². The van der Waals surface area contributed by atoms with Crippen LogP contribution in [0, 0.1) is 6.92 Å². The van der Waals surface area contributed by atoms with Crippen LogP contribution >= 0.6 is 11.3 Å². The molecule has 9 heteroatoms. The van der Waals surface area contributed by atoms with E-state index >= 15 is 0 Å². The lowest BCUT2D eigenvalue weighted by Gasteiger charge is -2.38. The fourth-order valence-corrected chi connectivity index (χ4v) is 3.95. The van der Waals surface area contributed by atoms with E-state index in [0.29, 0.717) is 23.2 Å². The Kier molecular flexibility index (Phi) is 8.00. The number of guanidine groups is 1. The highest BCUT2D eigenvalue weighted by molar-refractivity contribution is 7.13. The maximum Gasteiger partial charge on any atom is 0.350 e. The summed E-state index contributed by atoms with van der Waals surface area (Å²) in [6.07, 6.45) is 0. The van der Waals surface area contributed by atoms with Gasteiger partial charge in [0.15, 0.2) is 5.96 Å². The van der Waals surface area contributed by atoms with Gasteiger partial charge < -0.3 is 20.3 Å². The van der Waals surface area contributed by atoms with Crippen molar-refractivity contribution in [2.24, 2.45) is 4.99 Å². The number of piperazine rings is 1. The number of likely N-dealkylation sites (N-methyl/N-ethyl adjacent to an activating group) is 2. The van der Waals surface area contributed by atoms with E-state index in [1.807, 2.05) is 13.8 Å². The number of aliphatic imine (C=N–C) groups is 1. The molecule has 2 rings (SSSR count). The van der Waals surface area contributed by atoms with Gasteiger partial charge in [-0.25, -0.2) is 9.78 Å². The number of ether oxygens (including phenoxy) is 1. The molecule has 8 nitrogen and oxygen atoms in total. The topological polar surface area (TPSA) is 82.1 Å². The zero-order valence-electron chi connectivity index (χ0n) is 17.2. The molecule has 0 amide bonds. The summed E-state index contributed by atoms with van der Waals surface area (Å²) in [6, 6.07) is 0.380. The maximum absolute atomic E-state index is 12.0. The van der Waals surface area contributed by atoms with Gasteiger partial charge in [-0.15, -0.1) is 11.3 Å². The fraction of sp³-hybridized carbons (Fsp3) is 0.722. The molecule has 1 aliphatic heterocycles. The summed E-state index contributed by atoms with van der Waals surface area (Å²) in [7, 11) is 6.07. The molecule has 0 spiro atoms. The number of carbonyl (C=O) groups is 1. The second-order valence-corrected chi connectivity index (χ2v) is 7.93. The quantitative estimate of drug-likeness (QED) is 0.423. The highest BCUT2D eigenvalue weighted by Gasteiger charge is 2.23. The second-order valence-electron chi connectivity index (χ2n) is 6.90. The third kappa shape index (κ3) is 5.88. The van der Waals surface area contributed by atoms with E-state index in [0.717, 1.165) is 37.1 Å². The van der Waals surface area contributed by atoms with E-state index in [-0.39, 0.29) is 12.0 Å². The van der Waals surface area contributed by atoms with Crippen molar-refractivity contribution in [3.63, 3.8) is 0 Å². The first-order valence-electron chi connectivity index (χ1n) is 9.36. The van der Waals surface area contributed by atoms with Gasteiger partial charge in [0.25, 0.3) is 0 Å². The fourth-order valence-electron chi connectivity index (χ4n) is 2.99. The maximum atomic E-state index is 12.0. The largest absolute Gasteiger partial charge is 0.462 e. The van der Waals surface area contributed by atoms with Crippen molar-refractivity contribution < 1.29 is 9.53 Å². The van der Waals surface area contributed by atoms with Crippen molar-refractivity contribution in [2.75, 3.05) is 53.9 Å². The molecule has 2 unspecified atom stereocenters. The van der Waals surface area contributed by atoms with Gasteiger partial charge in [0, 0.05) is 39.3 Å². The summed E-state index contributed by atoms with van der Waals surface area (Å²) < 4.78 is 5.09. The van der Waals surface area contributed by atoms with Crippen molar-refractivity contribution in [2.45, 2.75) is 32.9 Å². The Morgan fingerprint density at radius 2 is 2.19 bits per heavy atom. The summed E-state index contributed by atoms with van der Waals surface area (Å²) >= 11 is 1.37. The number of carbonyl (C=O) groups excluding carboxylic acids is 1. The molecule has 2 heterocycles. The van der Waals surface area contributed by atoms with Crippen molar-refractivity contribution in [3.05, 3.63) is 15.6 Å². The Hall–Kier alpha value is -1.71. The van der Waals surface area contributed by atoms with Crippen LogP contribution in [0.25, 0.3) is 0 Å². The molecule has 2 atom stereocenters. The first-order chi connectivity index (χ1) is 12.8. The molecule has 0 bridgehead atoms. The van der Waals surface area contributed by atoms with E-state index in [2.05, 4.69) is 44.5 Å². The lowest BCUT2D eigenvalue weighted by molar-refractivity contribution is 0.0531. The standard InChI is InChI=1S/C18H32N6O2S/c1-7-26-17(25)15-12(2)21-16(27-15)13(3)22-18(19-4)20-10-14-11-23(5)8-9-24(14)6/h13-14H,7-11H2,1-6H3,(H2,19,20,22). The molecule has 0 radical (unpaired) electrons. The van der Waals surface area contributed by atoms with Crippen molar-refractivity contribution in [1.29, 1.82) is 0 Å². The number of nitrogens with zero attached hydrogens (tertiary/aromatic N) is 4. The van der Waals surface area contributed by atoms with E-state index in [4.69, 9.17) is 4.74 Å². The number of rotatable bonds is 6. The van der Waals surface area contributed by atoms with E-state index < -0.39 is 0 Å². The van der Waals surface area contributed by atoms with Gasteiger partial charge in [-0.05, 0) is 34.9 Å². The Balaban J connectivity index is 1.94. The first-order valence-corrected chi connectivity index (χ1v) is 10.2. The predicted octanol–water partition coefficient (Wildman–Crippen LogP) is 1.10. The highest BCUT2D eigenvalue weighted by Crippen LogP contribution is 2.24. The van der Waals surface area contributed by atoms with Gasteiger partial charge in [-0.1, -0.05) is 0 Å². The molecule has 152 valence electrons. The van der Waals surface area contributed by atoms with Gasteiger partial charge in [0.2, 0.25) is 0 Å². The zero-order valence-corrected chi connectivity index (χ0v) is 18.0. The van der Waals surface area contributed by atoms with E-state index in [1.54, 1.807) is 14.0 Å². The number of aromatic nitrogens is 1. The van der Waals surface area contributed by atoms with Crippen LogP contribution in [-0.4, -0.2) is 86.7 Å². The van der Waals surface area contributed by atoms with Crippen LogP contribution in [0.2, 0.25) is 0 Å². The third-order valence-electron chi connectivity index (χ3n) is 4.71. The molecule has 0 saturated carbocycles. The molecule has 1 fully saturated rings. The van der Waals surface area contributed by atoms with Crippen LogP contribution in [-0.2, 0) is 4.74 Å². The highest BCUT2D eigenvalue weighted by atomic mass is 32.1. The molecule has 1 saturated heterocycles. The Bertz CT molecular complexity index is 662. The molecule has 1 aromatic rings. The minimum Gasteiger partial charge on any atom is -0.462 e. The number of hydrogen-bond donors (Lipinski definition) is 2. The lowest BCUT2D eigenvalue weighted by atomic mass is 10.2. The molecular formula is C18H32N6O2S. The first kappa shape index (κ1) is 21.6. The predicted molar refractivity (Wildman–Crippen MR) is 110 cm³/mol. The summed E-state index contributed by atoms with van der Waals surface area (Å²) in [5, 5.41) is 7.61. The zero-order chi connectivity index (χ0) is 20.0. The lowest BCUT2D eigenvalue weighted by Crippen LogP contribution is -2.55. The van der Waals surface area contributed by atoms with Gasteiger partial charge >= 0.3 is 5.97 Å². The smallest absolute Gasteiger partial charge is 0.350 e. The average molecular weight is 397 g/mol. The minimum absolute atomic E-state index is 0.0603. The number of thiazole rings is 1. The van der Waals surface area contributed by atoms with Crippen LogP contribution in [0.1, 0.15) is 40.3 Å². The molecule has 2 N–H and O–H groups in total. The van der Waals surface area contributed by atoms with Crippen LogP contribution < -0.4 is 10.6 Å². The SMILES string of the molecule is CCOC(=O)c1sc(C(C)NC(=NC)NCC2CN(C)CCN2C)nc1C. The summed E-state index contributed by atoms with van der Waals surface area (Å²) in [6.45, 7) is 10.0.